The van der Waals surface area contributed by atoms with Crippen molar-refractivity contribution in [2.24, 2.45) is 5.92 Å². The molecule has 3 aromatic carbocycles. The van der Waals surface area contributed by atoms with Crippen LogP contribution in [-0.2, 0) is 11.2 Å². The van der Waals surface area contributed by atoms with Gasteiger partial charge in [0.15, 0.2) is 0 Å². The van der Waals surface area contributed by atoms with E-state index in [0.29, 0.717) is 11.6 Å². The lowest BCUT2D eigenvalue weighted by Crippen LogP contribution is -2.55. The first kappa shape index (κ1) is 26.8. The highest BCUT2D eigenvalue weighted by molar-refractivity contribution is 5.92. The molecule has 4 aromatic rings. The molecule has 1 saturated heterocycles. The van der Waals surface area contributed by atoms with Gasteiger partial charge in [-0.25, -0.2) is 0 Å². The molecule has 1 aliphatic heterocycles. The molecule has 6 heteroatoms. The molecule has 5 rings (SSSR count). The fourth-order valence-electron chi connectivity index (χ4n) is 5.70. The number of hydrogen-bond acceptors (Lipinski definition) is 3. The SMILES string of the molecule is Cc1ccc2[nH]c(-c3ccc([NH+]=O)cc3)c(CCCN3CCC(c4cccc(NC(=O)C(C)C)c4)CC3)c2c1. The number of carbonyl (C=O) groups is 1. The summed E-state index contributed by atoms with van der Waals surface area (Å²) < 4.78 is 0. The Balaban J connectivity index is 1.21. The molecule has 6 nitrogen and oxygen atoms in total. The Morgan fingerprint density at radius 2 is 1.82 bits per heavy atom. The van der Waals surface area contributed by atoms with Crippen LogP contribution in [0.2, 0.25) is 0 Å². The van der Waals surface area contributed by atoms with Crippen LogP contribution in [0.5, 0.6) is 0 Å². The number of piperidine rings is 1. The number of anilines is 1. The first-order valence-corrected chi connectivity index (χ1v) is 14.1. The fourth-order valence-corrected chi connectivity index (χ4v) is 5.70. The average Bonchev–Trinajstić information content (AvgIpc) is 3.31. The fraction of sp³-hybridized carbons (Fsp3) is 0.364. The second-order valence-corrected chi connectivity index (χ2v) is 11.2. The maximum Gasteiger partial charge on any atom is 0.253 e. The van der Waals surface area contributed by atoms with E-state index in [2.05, 4.69) is 58.5 Å². The number of nitroso groups, excluding NO2 is 1. The van der Waals surface area contributed by atoms with Gasteiger partial charge in [0, 0.05) is 50.4 Å². The summed E-state index contributed by atoms with van der Waals surface area (Å²) in [4.78, 5) is 29.4. The Morgan fingerprint density at radius 1 is 1.05 bits per heavy atom. The highest BCUT2D eigenvalue weighted by atomic mass is 16.3. The number of aromatic nitrogens is 1. The predicted molar refractivity (Wildman–Crippen MR) is 159 cm³/mol. The van der Waals surface area contributed by atoms with E-state index in [1.54, 1.807) is 0 Å². The monoisotopic (exact) mass is 523 g/mol. The number of amides is 1. The Morgan fingerprint density at radius 3 is 2.54 bits per heavy atom. The van der Waals surface area contributed by atoms with E-state index in [1.165, 1.54) is 22.1 Å². The van der Waals surface area contributed by atoms with E-state index < -0.39 is 0 Å². The molecule has 1 amide bonds. The molecule has 202 valence electrons. The molecule has 0 aliphatic carbocycles. The van der Waals surface area contributed by atoms with Crippen molar-refractivity contribution in [1.82, 2.24) is 9.88 Å². The van der Waals surface area contributed by atoms with Crippen LogP contribution >= 0.6 is 0 Å². The number of aromatic amines is 1. The molecular weight excluding hydrogens is 484 g/mol. The summed E-state index contributed by atoms with van der Waals surface area (Å²) in [6, 6.07) is 22.7. The van der Waals surface area contributed by atoms with Crippen LogP contribution in [0.25, 0.3) is 22.2 Å². The number of hydrogen-bond donors (Lipinski definition) is 3. The van der Waals surface area contributed by atoms with E-state index >= 15 is 0 Å². The van der Waals surface area contributed by atoms with Gasteiger partial charge in [0.1, 0.15) is 0 Å². The number of nitrogens with one attached hydrogen (secondary N) is 3. The summed E-state index contributed by atoms with van der Waals surface area (Å²) in [6.45, 7) is 9.24. The van der Waals surface area contributed by atoms with Crippen LogP contribution in [0.1, 0.15) is 55.7 Å². The smallest absolute Gasteiger partial charge is 0.253 e. The van der Waals surface area contributed by atoms with Gasteiger partial charge in [-0.3, -0.25) is 4.79 Å². The van der Waals surface area contributed by atoms with Crippen LogP contribution in [0.15, 0.2) is 66.7 Å². The number of benzene rings is 3. The van der Waals surface area contributed by atoms with E-state index in [-0.39, 0.29) is 11.8 Å². The number of rotatable bonds is 9. The molecule has 0 spiro atoms. The van der Waals surface area contributed by atoms with Gasteiger partial charge in [-0.05, 0) is 111 Å². The number of aryl methyl sites for hydroxylation is 2. The number of fused-ring (bicyclic) bond motifs is 1. The summed E-state index contributed by atoms with van der Waals surface area (Å²) in [5.41, 5.74) is 8.82. The Labute approximate surface area is 230 Å². The van der Waals surface area contributed by atoms with Crippen molar-refractivity contribution in [1.29, 1.82) is 0 Å². The average molecular weight is 524 g/mol. The third-order valence-electron chi connectivity index (χ3n) is 7.99. The Kier molecular flexibility index (Phi) is 8.22. The molecule has 0 atom stereocenters. The van der Waals surface area contributed by atoms with Crippen LogP contribution < -0.4 is 10.5 Å². The molecule has 0 unspecified atom stereocenters. The van der Waals surface area contributed by atoms with Crippen molar-refractivity contribution in [3.8, 4) is 11.3 Å². The van der Waals surface area contributed by atoms with Gasteiger partial charge in [-0.2, -0.15) is 0 Å². The Hall–Kier alpha value is -3.77. The van der Waals surface area contributed by atoms with E-state index in [0.717, 1.165) is 67.8 Å². The lowest BCUT2D eigenvalue weighted by molar-refractivity contribution is -0.379. The molecule has 1 fully saturated rings. The first-order chi connectivity index (χ1) is 18.9. The van der Waals surface area contributed by atoms with Crippen LogP contribution in [0.3, 0.4) is 0 Å². The standard InChI is InChI=1S/C33H38N4O2/c1-22(2)33(38)34-28-7-4-6-26(21-28)24-15-18-37(19-16-24)17-5-8-29-30-20-23(3)9-14-31(30)35-32(29)25-10-12-27(36-39)13-11-25/h4,6-7,9-14,20-22,24,35H,5,8,15-19H2,1-3H3,(H,34,38)/p+1. The zero-order valence-electron chi connectivity index (χ0n) is 23.2. The predicted octanol–water partition coefficient (Wildman–Crippen LogP) is 6.03. The molecule has 1 aliphatic rings. The van der Waals surface area contributed by atoms with Crippen LogP contribution in [0, 0.1) is 17.7 Å². The maximum absolute atomic E-state index is 12.1. The van der Waals surface area contributed by atoms with Crippen molar-refractivity contribution in [3.05, 3.63) is 88.3 Å². The zero-order chi connectivity index (χ0) is 27.4. The molecule has 0 radical (unpaired) electrons. The molecule has 39 heavy (non-hydrogen) atoms. The van der Waals surface area contributed by atoms with Gasteiger partial charge >= 0.3 is 0 Å². The van der Waals surface area contributed by atoms with Gasteiger partial charge < -0.3 is 15.2 Å². The Bertz CT molecular complexity index is 1450. The number of likely N-dealkylation sites (tertiary alicyclic amines) is 1. The van der Waals surface area contributed by atoms with Crippen LogP contribution in [0.4, 0.5) is 11.4 Å². The third kappa shape index (κ3) is 6.28. The minimum atomic E-state index is -0.0251. The quantitative estimate of drug-likeness (QED) is 0.251. The maximum atomic E-state index is 12.1. The lowest BCUT2D eigenvalue weighted by atomic mass is 9.89. The summed E-state index contributed by atoms with van der Waals surface area (Å²) in [5.74, 6) is 0.571. The molecular formula is C33H39N4O2+. The summed E-state index contributed by atoms with van der Waals surface area (Å²) in [5, 5.41) is 6.30. The number of carbonyl (C=O) groups excluding carboxylic acids is 1. The largest absolute Gasteiger partial charge is 0.354 e. The first-order valence-electron chi connectivity index (χ1n) is 14.1. The van der Waals surface area contributed by atoms with Gasteiger partial charge in [-0.1, -0.05) is 37.6 Å². The van der Waals surface area contributed by atoms with E-state index in [1.807, 2.05) is 49.4 Å². The van der Waals surface area contributed by atoms with Gasteiger partial charge in [0.2, 0.25) is 5.91 Å². The topological polar surface area (TPSA) is 79.2 Å². The highest BCUT2D eigenvalue weighted by Crippen LogP contribution is 2.33. The summed E-state index contributed by atoms with van der Waals surface area (Å²) in [6.07, 6.45) is 4.37. The van der Waals surface area contributed by atoms with E-state index in [9.17, 15) is 9.70 Å². The highest BCUT2D eigenvalue weighted by Gasteiger charge is 2.21. The minimum Gasteiger partial charge on any atom is -0.354 e. The van der Waals surface area contributed by atoms with E-state index in [4.69, 9.17) is 0 Å². The van der Waals surface area contributed by atoms with Gasteiger partial charge in [-0.15, -0.1) is 0 Å². The van der Waals surface area contributed by atoms with Gasteiger partial charge in [0.05, 0.1) is 0 Å². The van der Waals surface area contributed by atoms with Crippen molar-refractivity contribution in [2.45, 2.75) is 52.4 Å². The second kappa shape index (κ2) is 12.0. The van der Waals surface area contributed by atoms with Crippen molar-refractivity contribution >= 4 is 28.2 Å². The molecule has 3 N–H and O–H groups in total. The third-order valence-corrected chi connectivity index (χ3v) is 7.99. The number of H-pyrrole nitrogens is 1. The molecule has 0 saturated carbocycles. The zero-order valence-corrected chi connectivity index (χ0v) is 23.2. The van der Waals surface area contributed by atoms with Crippen molar-refractivity contribution in [3.63, 3.8) is 0 Å². The molecule has 1 aromatic heterocycles. The molecule has 0 bridgehead atoms. The van der Waals surface area contributed by atoms with Crippen molar-refractivity contribution < 1.29 is 9.97 Å². The minimum absolute atomic E-state index is 0.0251. The number of nitrogens with zero attached hydrogens (tertiary/aromatic N) is 1. The second-order valence-electron chi connectivity index (χ2n) is 11.2. The molecule has 2 heterocycles. The lowest BCUT2D eigenvalue weighted by Gasteiger charge is -2.32. The van der Waals surface area contributed by atoms with Gasteiger partial charge in [0.25, 0.3) is 5.69 Å². The normalized spacial score (nSPS) is 14.7. The van der Waals surface area contributed by atoms with Crippen molar-refractivity contribution in [2.75, 3.05) is 25.0 Å². The summed E-state index contributed by atoms with van der Waals surface area (Å²) in [7, 11) is 0. The summed E-state index contributed by atoms with van der Waals surface area (Å²) >= 11 is 0. The van der Waals surface area contributed by atoms with Crippen LogP contribution in [-0.4, -0.2) is 35.4 Å².